The van der Waals surface area contributed by atoms with Gasteiger partial charge in [0, 0.05) is 12.5 Å². The van der Waals surface area contributed by atoms with E-state index < -0.39 is 17.9 Å². The Balaban J connectivity index is 0.00000512. The lowest BCUT2D eigenvalue weighted by Gasteiger charge is -2.18. The molecule has 0 saturated carbocycles. The molecule has 0 bridgehead atoms. The van der Waals surface area contributed by atoms with Gasteiger partial charge in [-0.3, -0.25) is 4.79 Å². The first-order chi connectivity index (χ1) is 15.0. The molecule has 0 spiro atoms. The minimum atomic E-state index is -0.906. The molecule has 3 N–H and O–H groups in total. The van der Waals surface area contributed by atoms with Crippen LogP contribution in [0.5, 0.6) is 11.5 Å². The standard InChI is InChI=1S/C23H29ClN2O5.ClH/c1-3-30-23(29)19(13-16-9-5-4-6-10-16)26-22(28)17-14-18(24)21(15-20(17)27)31-12-8-7-11-25-2;/h4-6,9-10,14-15,19,25,27H,3,7-8,11-13H2,1-2H3,(H,26,28);1H/t19-;/m1./s1. The minimum absolute atomic E-state index is 0. The molecule has 176 valence electrons. The maximum atomic E-state index is 12.8. The highest BCUT2D eigenvalue weighted by Crippen LogP contribution is 2.32. The number of rotatable bonds is 12. The first kappa shape index (κ1) is 27.6. The van der Waals surface area contributed by atoms with E-state index in [1.807, 2.05) is 37.4 Å². The van der Waals surface area contributed by atoms with Crippen molar-refractivity contribution in [2.75, 3.05) is 26.8 Å². The normalized spacial score (nSPS) is 11.2. The van der Waals surface area contributed by atoms with Crippen LogP contribution in [0, 0.1) is 0 Å². The fraction of sp³-hybridized carbons (Fsp3) is 0.391. The van der Waals surface area contributed by atoms with Crippen molar-refractivity contribution >= 4 is 35.9 Å². The van der Waals surface area contributed by atoms with Crippen molar-refractivity contribution in [3.8, 4) is 11.5 Å². The summed E-state index contributed by atoms with van der Waals surface area (Å²) in [7, 11) is 1.88. The Morgan fingerprint density at radius 2 is 1.88 bits per heavy atom. The van der Waals surface area contributed by atoms with Crippen molar-refractivity contribution in [1.82, 2.24) is 10.6 Å². The summed E-state index contributed by atoms with van der Waals surface area (Å²) < 4.78 is 10.7. The molecule has 0 aromatic heterocycles. The fourth-order valence-electron chi connectivity index (χ4n) is 2.94. The second kappa shape index (κ2) is 14.6. The smallest absolute Gasteiger partial charge is 0.328 e. The number of benzene rings is 2. The molecule has 0 saturated heterocycles. The van der Waals surface area contributed by atoms with Crippen LogP contribution < -0.4 is 15.4 Å². The van der Waals surface area contributed by atoms with Gasteiger partial charge in [-0.2, -0.15) is 0 Å². The largest absolute Gasteiger partial charge is 0.507 e. The molecular formula is C23H30Cl2N2O5. The van der Waals surface area contributed by atoms with Gasteiger partial charge in [0.05, 0.1) is 23.8 Å². The first-order valence-corrected chi connectivity index (χ1v) is 10.6. The third kappa shape index (κ3) is 8.57. The molecule has 1 amide bonds. The Hall–Kier alpha value is -2.48. The summed E-state index contributed by atoms with van der Waals surface area (Å²) in [5.74, 6) is -1.17. The molecule has 0 aliphatic carbocycles. The Bertz CT molecular complexity index is 865. The van der Waals surface area contributed by atoms with Gasteiger partial charge in [-0.05, 0) is 45.0 Å². The summed E-state index contributed by atoms with van der Waals surface area (Å²) in [6.07, 6.45) is 2.02. The Labute approximate surface area is 199 Å². The maximum absolute atomic E-state index is 12.8. The van der Waals surface area contributed by atoms with E-state index in [0.29, 0.717) is 12.4 Å². The predicted octanol–water partition coefficient (Wildman–Crippen LogP) is 3.75. The first-order valence-electron chi connectivity index (χ1n) is 10.3. The van der Waals surface area contributed by atoms with Crippen LogP contribution in [0.3, 0.4) is 0 Å². The lowest BCUT2D eigenvalue weighted by Crippen LogP contribution is -2.43. The average molecular weight is 485 g/mol. The van der Waals surface area contributed by atoms with Crippen LogP contribution in [0.2, 0.25) is 5.02 Å². The summed E-state index contributed by atoms with van der Waals surface area (Å²) in [4.78, 5) is 25.1. The number of unbranched alkanes of at least 4 members (excludes halogenated alkanes) is 1. The predicted molar refractivity (Wildman–Crippen MR) is 127 cm³/mol. The van der Waals surface area contributed by atoms with E-state index in [2.05, 4.69) is 10.6 Å². The van der Waals surface area contributed by atoms with E-state index in [4.69, 9.17) is 21.1 Å². The lowest BCUT2D eigenvalue weighted by molar-refractivity contribution is -0.145. The molecule has 0 fully saturated rings. The van der Waals surface area contributed by atoms with E-state index in [9.17, 15) is 14.7 Å². The van der Waals surface area contributed by atoms with Crippen LogP contribution >= 0.6 is 24.0 Å². The van der Waals surface area contributed by atoms with Crippen LogP contribution in [-0.2, 0) is 16.0 Å². The Morgan fingerprint density at radius 3 is 2.53 bits per heavy atom. The van der Waals surface area contributed by atoms with Gasteiger partial charge in [0.15, 0.2) is 0 Å². The second-order valence-corrected chi connectivity index (χ2v) is 7.33. The number of carbonyl (C=O) groups excluding carboxylic acids is 2. The average Bonchev–Trinajstić information content (AvgIpc) is 2.76. The van der Waals surface area contributed by atoms with Crippen molar-refractivity contribution < 1.29 is 24.2 Å². The molecule has 9 heteroatoms. The number of phenolic OH excluding ortho intramolecular Hbond substituents is 1. The van der Waals surface area contributed by atoms with Gasteiger partial charge in [-0.25, -0.2) is 4.79 Å². The molecule has 0 aliphatic heterocycles. The zero-order valence-electron chi connectivity index (χ0n) is 18.2. The van der Waals surface area contributed by atoms with Crippen LogP contribution in [0.1, 0.15) is 35.7 Å². The quantitative estimate of drug-likeness (QED) is 0.313. The summed E-state index contributed by atoms with van der Waals surface area (Å²) in [5, 5.41) is 16.2. The highest BCUT2D eigenvalue weighted by molar-refractivity contribution is 6.32. The lowest BCUT2D eigenvalue weighted by atomic mass is 10.1. The molecule has 2 aromatic carbocycles. The number of hydrogen-bond donors (Lipinski definition) is 3. The Morgan fingerprint density at radius 1 is 1.16 bits per heavy atom. The summed E-state index contributed by atoms with van der Waals surface area (Å²) >= 11 is 6.24. The summed E-state index contributed by atoms with van der Waals surface area (Å²) in [5.41, 5.74) is 0.819. The van der Waals surface area contributed by atoms with Crippen LogP contribution in [0.15, 0.2) is 42.5 Å². The number of nitrogens with one attached hydrogen (secondary N) is 2. The van der Waals surface area contributed by atoms with Crippen LogP contribution in [-0.4, -0.2) is 49.8 Å². The number of aromatic hydroxyl groups is 1. The molecule has 0 aliphatic rings. The molecule has 2 rings (SSSR count). The third-order valence-corrected chi connectivity index (χ3v) is 4.83. The third-order valence-electron chi connectivity index (χ3n) is 4.53. The number of amides is 1. The molecule has 0 unspecified atom stereocenters. The van der Waals surface area contributed by atoms with Gasteiger partial charge in [-0.1, -0.05) is 41.9 Å². The van der Waals surface area contributed by atoms with E-state index in [0.717, 1.165) is 24.9 Å². The molecule has 0 heterocycles. The highest BCUT2D eigenvalue weighted by Gasteiger charge is 2.25. The minimum Gasteiger partial charge on any atom is -0.507 e. The number of phenols is 1. The van der Waals surface area contributed by atoms with Gasteiger partial charge in [0.1, 0.15) is 17.5 Å². The van der Waals surface area contributed by atoms with Crippen LogP contribution in [0.4, 0.5) is 0 Å². The topological polar surface area (TPSA) is 96.9 Å². The van der Waals surface area contributed by atoms with Crippen molar-refractivity contribution in [3.05, 3.63) is 58.6 Å². The molecule has 2 aromatic rings. The van der Waals surface area contributed by atoms with Crippen molar-refractivity contribution in [2.24, 2.45) is 0 Å². The van der Waals surface area contributed by atoms with Crippen molar-refractivity contribution in [1.29, 1.82) is 0 Å². The number of esters is 1. The highest BCUT2D eigenvalue weighted by atomic mass is 35.5. The summed E-state index contributed by atoms with van der Waals surface area (Å²) in [6, 6.07) is 11.0. The molecule has 32 heavy (non-hydrogen) atoms. The molecular weight excluding hydrogens is 455 g/mol. The SMILES string of the molecule is CCOC(=O)[C@@H](Cc1ccccc1)NC(=O)c1cc(Cl)c(OCCCCNC)cc1O.Cl. The van der Waals surface area contributed by atoms with Gasteiger partial charge < -0.3 is 25.2 Å². The van der Waals surface area contributed by atoms with Gasteiger partial charge >= 0.3 is 5.97 Å². The van der Waals surface area contributed by atoms with Crippen LogP contribution in [0.25, 0.3) is 0 Å². The van der Waals surface area contributed by atoms with E-state index >= 15 is 0 Å². The van der Waals surface area contributed by atoms with Gasteiger partial charge in [-0.15, -0.1) is 12.4 Å². The van der Waals surface area contributed by atoms with E-state index in [-0.39, 0.29) is 41.8 Å². The second-order valence-electron chi connectivity index (χ2n) is 6.93. The number of carbonyl (C=O) groups is 2. The number of halogens is 2. The van der Waals surface area contributed by atoms with E-state index in [1.54, 1.807) is 6.92 Å². The number of hydrogen-bond acceptors (Lipinski definition) is 6. The molecule has 1 atom stereocenters. The van der Waals surface area contributed by atoms with Crippen molar-refractivity contribution in [2.45, 2.75) is 32.2 Å². The zero-order valence-corrected chi connectivity index (χ0v) is 19.8. The molecule has 0 radical (unpaired) electrons. The van der Waals surface area contributed by atoms with Gasteiger partial charge in [0.25, 0.3) is 5.91 Å². The number of ether oxygens (including phenoxy) is 2. The van der Waals surface area contributed by atoms with E-state index in [1.165, 1.54) is 12.1 Å². The van der Waals surface area contributed by atoms with Gasteiger partial charge in [0.2, 0.25) is 0 Å². The maximum Gasteiger partial charge on any atom is 0.328 e. The van der Waals surface area contributed by atoms with Crippen molar-refractivity contribution in [3.63, 3.8) is 0 Å². The Kier molecular flexibility index (Phi) is 12.5. The monoisotopic (exact) mass is 484 g/mol. The summed E-state index contributed by atoms with van der Waals surface area (Å²) in [6.45, 7) is 3.21. The fourth-order valence-corrected chi connectivity index (χ4v) is 3.16. The zero-order chi connectivity index (χ0) is 22.6. The molecule has 7 nitrogen and oxygen atoms in total.